The molecule has 6 heteroatoms. The molecule has 0 saturated heterocycles. The number of amides is 2. The molecule has 33 heavy (non-hydrogen) atoms. The quantitative estimate of drug-likeness (QED) is 0.527. The predicted molar refractivity (Wildman–Crippen MR) is 135 cm³/mol. The Morgan fingerprint density at radius 3 is 2.55 bits per heavy atom. The normalized spacial score (nSPS) is 15.0. The van der Waals surface area contributed by atoms with Gasteiger partial charge in [-0.25, -0.2) is 0 Å². The van der Waals surface area contributed by atoms with Crippen LogP contribution in [0.4, 0.5) is 0 Å². The van der Waals surface area contributed by atoms with Crippen LogP contribution in [0.15, 0.2) is 48.5 Å². The lowest BCUT2D eigenvalue weighted by Gasteiger charge is -2.31. The van der Waals surface area contributed by atoms with E-state index >= 15 is 0 Å². The van der Waals surface area contributed by atoms with Crippen molar-refractivity contribution in [2.45, 2.75) is 70.3 Å². The Morgan fingerprint density at radius 1 is 1.09 bits per heavy atom. The molecule has 5 nitrogen and oxygen atoms in total. The highest BCUT2D eigenvalue weighted by Crippen LogP contribution is 2.21. The average Bonchev–Trinajstić information content (AvgIpc) is 2.83. The summed E-state index contributed by atoms with van der Waals surface area (Å²) >= 11 is 1.59. The van der Waals surface area contributed by atoms with E-state index in [4.69, 9.17) is 4.74 Å². The van der Waals surface area contributed by atoms with Gasteiger partial charge < -0.3 is 15.0 Å². The molecule has 0 spiro atoms. The van der Waals surface area contributed by atoms with Gasteiger partial charge in [-0.2, -0.15) is 0 Å². The molecule has 1 fully saturated rings. The highest BCUT2D eigenvalue weighted by atomic mass is 32.2. The summed E-state index contributed by atoms with van der Waals surface area (Å²) in [7, 11) is 1.63. The third-order valence-corrected chi connectivity index (χ3v) is 7.17. The van der Waals surface area contributed by atoms with E-state index in [1.54, 1.807) is 23.8 Å². The lowest BCUT2D eigenvalue weighted by molar-refractivity contribution is -0.139. The number of benzene rings is 2. The monoisotopic (exact) mass is 468 g/mol. The van der Waals surface area contributed by atoms with E-state index in [2.05, 4.69) is 30.4 Å². The minimum absolute atomic E-state index is 0.0261. The summed E-state index contributed by atoms with van der Waals surface area (Å²) < 4.78 is 5.34. The maximum absolute atomic E-state index is 13.3. The van der Waals surface area contributed by atoms with E-state index in [1.807, 2.05) is 37.3 Å². The Labute approximate surface area is 202 Å². The highest BCUT2D eigenvalue weighted by molar-refractivity contribution is 7.99. The number of hydrogen-bond donors (Lipinski definition) is 1. The van der Waals surface area contributed by atoms with Crippen molar-refractivity contribution >= 4 is 23.6 Å². The first-order valence-electron chi connectivity index (χ1n) is 11.8. The Morgan fingerprint density at radius 2 is 1.82 bits per heavy atom. The SMILES string of the molecule is COc1cccc(CN(C(=O)CSCc2cccc(C)c2)[C@H](C)C(=O)NC2CCCCC2)c1. The Balaban J connectivity index is 1.67. The number of nitrogens with one attached hydrogen (secondary N) is 1. The Hall–Kier alpha value is -2.47. The highest BCUT2D eigenvalue weighted by Gasteiger charge is 2.28. The van der Waals surface area contributed by atoms with Crippen molar-refractivity contribution in [2.75, 3.05) is 12.9 Å². The number of thioether (sulfide) groups is 1. The summed E-state index contributed by atoms with van der Waals surface area (Å²) in [6.07, 6.45) is 5.59. The van der Waals surface area contributed by atoms with Gasteiger partial charge in [0.15, 0.2) is 0 Å². The van der Waals surface area contributed by atoms with Crippen molar-refractivity contribution in [3.8, 4) is 5.75 Å². The lowest BCUT2D eigenvalue weighted by atomic mass is 9.95. The third kappa shape index (κ3) is 7.81. The second kappa shape index (κ2) is 12.7. The van der Waals surface area contributed by atoms with E-state index in [0.717, 1.165) is 42.7 Å². The zero-order chi connectivity index (χ0) is 23.6. The second-order valence-electron chi connectivity index (χ2n) is 8.87. The van der Waals surface area contributed by atoms with Gasteiger partial charge in [-0.15, -0.1) is 11.8 Å². The summed E-state index contributed by atoms with van der Waals surface area (Å²) in [5, 5.41) is 3.19. The molecule has 0 aromatic heterocycles. The van der Waals surface area contributed by atoms with Crippen LogP contribution in [0.3, 0.4) is 0 Å². The van der Waals surface area contributed by atoms with Gasteiger partial charge in [-0.1, -0.05) is 61.2 Å². The first-order chi connectivity index (χ1) is 16.0. The van der Waals surface area contributed by atoms with E-state index in [0.29, 0.717) is 12.3 Å². The van der Waals surface area contributed by atoms with E-state index in [1.165, 1.54) is 17.5 Å². The maximum atomic E-state index is 13.3. The largest absolute Gasteiger partial charge is 0.497 e. The van der Waals surface area contributed by atoms with Gasteiger partial charge in [0.2, 0.25) is 11.8 Å². The van der Waals surface area contributed by atoms with Crippen LogP contribution < -0.4 is 10.1 Å². The zero-order valence-electron chi connectivity index (χ0n) is 20.0. The summed E-state index contributed by atoms with van der Waals surface area (Å²) in [5.74, 6) is 1.75. The first kappa shape index (κ1) is 25.2. The van der Waals surface area contributed by atoms with Crippen LogP contribution in [0, 0.1) is 6.92 Å². The third-order valence-electron chi connectivity index (χ3n) is 6.18. The Kier molecular flexibility index (Phi) is 9.67. The Bertz CT molecular complexity index is 927. The molecule has 178 valence electrons. The van der Waals surface area contributed by atoms with Gasteiger partial charge >= 0.3 is 0 Å². The number of hydrogen-bond acceptors (Lipinski definition) is 4. The maximum Gasteiger partial charge on any atom is 0.242 e. The van der Waals surface area contributed by atoms with Crippen molar-refractivity contribution in [1.82, 2.24) is 10.2 Å². The summed E-state index contributed by atoms with van der Waals surface area (Å²) in [6, 6.07) is 15.7. The van der Waals surface area contributed by atoms with Crippen LogP contribution in [0.2, 0.25) is 0 Å². The van der Waals surface area contributed by atoms with Crippen molar-refractivity contribution in [2.24, 2.45) is 0 Å². The number of ether oxygens (including phenoxy) is 1. The van der Waals surface area contributed by atoms with E-state index < -0.39 is 6.04 Å². The molecular formula is C27H36N2O3S. The molecule has 1 aliphatic rings. The standard InChI is InChI=1S/C27H36N2O3S/c1-20-9-7-11-23(15-20)18-33-19-26(30)29(17-22-10-8-14-25(16-22)32-3)21(2)27(31)28-24-12-5-4-6-13-24/h7-11,14-16,21,24H,4-6,12-13,17-19H2,1-3H3,(H,28,31)/t21-/m1/s1. The number of carbonyl (C=O) groups is 2. The summed E-state index contributed by atoms with van der Waals surface area (Å²) in [5.41, 5.74) is 3.37. The van der Waals surface area contributed by atoms with Crippen LogP contribution in [-0.2, 0) is 21.9 Å². The van der Waals surface area contributed by atoms with Gasteiger partial charge in [-0.05, 0) is 49.9 Å². The van der Waals surface area contributed by atoms with Crippen LogP contribution in [0.25, 0.3) is 0 Å². The van der Waals surface area contributed by atoms with E-state index in [-0.39, 0.29) is 17.9 Å². The summed E-state index contributed by atoms with van der Waals surface area (Å²) in [6.45, 7) is 4.28. The fourth-order valence-electron chi connectivity index (χ4n) is 4.26. The van der Waals surface area contributed by atoms with E-state index in [9.17, 15) is 9.59 Å². The topological polar surface area (TPSA) is 58.6 Å². The predicted octanol–water partition coefficient (Wildman–Crippen LogP) is 5.10. The molecule has 3 rings (SSSR count). The number of carbonyl (C=O) groups excluding carboxylic acids is 2. The van der Waals surface area contributed by atoms with Gasteiger partial charge in [0.1, 0.15) is 11.8 Å². The molecule has 2 aromatic carbocycles. The molecule has 0 aliphatic heterocycles. The molecule has 2 aromatic rings. The second-order valence-corrected chi connectivity index (χ2v) is 9.86. The number of nitrogens with zero attached hydrogens (tertiary/aromatic N) is 1. The number of rotatable bonds is 10. The molecule has 2 amide bonds. The minimum Gasteiger partial charge on any atom is -0.497 e. The molecule has 0 unspecified atom stereocenters. The lowest BCUT2D eigenvalue weighted by Crippen LogP contribution is -2.50. The molecule has 1 N–H and O–H groups in total. The van der Waals surface area contributed by atoms with Crippen LogP contribution in [0.5, 0.6) is 5.75 Å². The van der Waals surface area contributed by atoms with Crippen LogP contribution in [0.1, 0.15) is 55.7 Å². The van der Waals surface area contributed by atoms with Gasteiger partial charge in [0, 0.05) is 18.3 Å². The van der Waals surface area contributed by atoms with Gasteiger partial charge in [0.05, 0.1) is 12.9 Å². The molecule has 1 aliphatic carbocycles. The van der Waals surface area contributed by atoms with Gasteiger partial charge in [0.25, 0.3) is 0 Å². The molecule has 0 bridgehead atoms. The molecule has 1 atom stereocenters. The minimum atomic E-state index is -0.537. The molecular weight excluding hydrogens is 432 g/mol. The van der Waals surface area contributed by atoms with Crippen LogP contribution >= 0.6 is 11.8 Å². The van der Waals surface area contributed by atoms with Crippen molar-refractivity contribution in [3.63, 3.8) is 0 Å². The smallest absolute Gasteiger partial charge is 0.242 e. The molecule has 1 saturated carbocycles. The fraction of sp³-hybridized carbons (Fsp3) is 0.481. The van der Waals surface area contributed by atoms with Crippen molar-refractivity contribution in [3.05, 3.63) is 65.2 Å². The van der Waals surface area contributed by atoms with Gasteiger partial charge in [-0.3, -0.25) is 9.59 Å². The zero-order valence-corrected chi connectivity index (χ0v) is 20.8. The number of aryl methyl sites for hydroxylation is 1. The molecule has 0 heterocycles. The van der Waals surface area contributed by atoms with Crippen molar-refractivity contribution < 1.29 is 14.3 Å². The summed E-state index contributed by atoms with van der Waals surface area (Å²) in [4.78, 5) is 28.1. The molecule has 0 radical (unpaired) electrons. The fourth-order valence-corrected chi connectivity index (χ4v) is 5.12. The number of methoxy groups -OCH3 is 1. The average molecular weight is 469 g/mol. The first-order valence-corrected chi connectivity index (χ1v) is 13.0. The van der Waals surface area contributed by atoms with Crippen molar-refractivity contribution in [1.29, 1.82) is 0 Å². The van der Waals surface area contributed by atoms with Crippen LogP contribution in [-0.4, -0.2) is 41.7 Å².